The van der Waals surface area contributed by atoms with Crippen molar-refractivity contribution in [2.24, 2.45) is 5.73 Å². The van der Waals surface area contributed by atoms with Crippen LogP contribution in [0.4, 0.5) is 0 Å². The third kappa shape index (κ3) is 5.46. The predicted molar refractivity (Wildman–Crippen MR) is 73.9 cm³/mol. The zero-order valence-corrected chi connectivity index (χ0v) is 11.5. The molecule has 1 aliphatic rings. The van der Waals surface area contributed by atoms with Crippen LogP contribution in [0.5, 0.6) is 0 Å². The summed E-state index contributed by atoms with van der Waals surface area (Å²) >= 11 is 4.91. The van der Waals surface area contributed by atoms with Crippen LogP contribution >= 0.6 is 12.2 Å². The average molecular weight is 257 g/mol. The van der Waals surface area contributed by atoms with Crippen LogP contribution in [0.3, 0.4) is 0 Å². The molecule has 1 aliphatic heterocycles. The van der Waals surface area contributed by atoms with Gasteiger partial charge in [-0.15, -0.1) is 0 Å². The second-order valence-corrected chi connectivity index (χ2v) is 5.14. The van der Waals surface area contributed by atoms with Crippen LogP contribution in [0.2, 0.25) is 0 Å². The minimum absolute atomic E-state index is 0.217. The summed E-state index contributed by atoms with van der Waals surface area (Å²) < 4.78 is 0. The van der Waals surface area contributed by atoms with Crippen LogP contribution in [0.1, 0.15) is 32.6 Å². The molecular formula is C12H23N3OS. The summed E-state index contributed by atoms with van der Waals surface area (Å²) in [7, 11) is 0. The first-order chi connectivity index (χ1) is 8.13. The molecule has 1 rings (SSSR count). The molecule has 0 atom stereocenters. The van der Waals surface area contributed by atoms with E-state index in [-0.39, 0.29) is 5.91 Å². The molecule has 0 saturated carbocycles. The van der Waals surface area contributed by atoms with Gasteiger partial charge in [0.25, 0.3) is 0 Å². The maximum absolute atomic E-state index is 12.1. The topological polar surface area (TPSA) is 49.6 Å². The Hall–Kier alpha value is -0.680. The van der Waals surface area contributed by atoms with Gasteiger partial charge in [-0.2, -0.15) is 0 Å². The van der Waals surface area contributed by atoms with Crippen molar-refractivity contribution >= 4 is 23.1 Å². The molecule has 1 heterocycles. The van der Waals surface area contributed by atoms with E-state index in [2.05, 4.69) is 6.92 Å². The largest absolute Gasteiger partial charge is 0.392 e. The van der Waals surface area contributed by atoms with E-state index in [0.29, 0.717) is 18.1 Å². The number of thiocarbonyl (C=S) groups is 1. The molecule has 0 bridgehead atoms. The van der Waals surface area contributed by atoms with Gasteiger partial charge in [0.2, 0.25) is 5.91 Å². The average Bonchev–Trinajstić information content (AvgIpc) is 2.29. The Bertz CT molecular complexity index is 264. The number of hydrogen-bond acceptors (Lipinski definition) is 3. The molecule has 1 amide bonds. The van der Waals surface area contributed by atoms with E-state index in [0.717, 1.165) is 38.9 Å². The molecule has 0 unspecified atom stereocenters. The molecule has 4 nitrogen and oxygen atoms in total. The number of carbonyl (C=O) groups is 1. The standard InChI is InChI=1S/C12H23N3OS/c1-2-6-14(9-11(13)17)10-12(16)15-7-4-3-5-8-15/h2-10H2,1H3,(H2,13,17). The highest BCUT2D eigenvalue weighted by atomic mass is 32.1. The fourth-order valence-electron chi connectivity index (χ4n) is 2.19. The Labute approximate surface area is 109 Å². The summed E-state index contributed by atoms with van der Waals surface area (Å²) in [5.41, 5.74) is 5.54. The Morgan fingerprint density at radius 1 is 1.29 bits per heavy atom. The minimum atomic E-state index is 0.217. The van der Waals surface area contributed by atoms with Crippen LogP contribution in [0, 0.1) is 0 Å². The van der Waals surface area contributed by atoms with Crippen molar-refractivity contribution in [2.45, 2.75) is 32.6 Å². The molecule has 0 aliphatic carbocycles. The van der Waals surface area contributed by atoms with E-state index < -0.39 is 0 Å². The van der Waals surface area contributed by atoms with Crippen LogP contribution < -0.4 is 5.73 Å². The zero-order chi connectivity index (χ0) is 12.7. The summed E-state index contributed by atoms with van der Waals surface area (Å²) in [6, 6.07) is 0. The highest BCUT2D eigenvalue weighted by Crippen LogP contribution is 2.09. The predicted octanol–water partition coefficient (Wildman–Crippen LogP) is 0.997. The van der Waals surface area contributed by atoms with Crippen molar-refractivity contribution in [3.63, 3.8) is 0 Å². The molecule has 17 heavy (non-hydrogen) atoms. The number of rotatable bonds is 6. The molecule has 0 radical (unpaired) electrons. The van der Waals surface area contributed by atoms with Gasteiger partial charge >= 0.3 is 0 Å². The summed E-state index contributed by atoms with van der Waals surface area (Å²) in [5.74, 6) is 0.217. The maximum atomic E-state index is 12.1. The van der Waals surface area contributed by atoms with Gasteiger partial charge in [-0.05, 0) is 32.2 Å². The van der Waals surface area contributed by atoms with Gasteiger partial charge in [0.15, 0.2) is 0 Å². The maximum Gasteiger partial charge on any atom is 0.236 e. The molecule has 98 valence electrons. The summed E-state index contributed by atoms with van der Waals surface area (Å²) in [6.45, 7) is 5.78. The van der Waals surface area contributed by atoms with Gasteiger partial charge in [-0.25, -0.2) is 0 Å². The number of likely N-dealkylation sites (tertiary alicyclic amines) is 1. The quantitative estimate of drug-likeness (QED) is 0.721. The minimum Gasteiger partial charge on any atom is -0.392 e. The molecule has 0 aromatic carbocycles. The molecular weight excluding hydrogens is 234 g/mol. The normalized spacial score (nSPS) is 16.2. The van der Waals surface area contributed by atoms with Crippen molar-refractivity contribution in [2.75, 3.05) is 32.7 Å². The SMILES string of the molecule is CCCN(CC(=O)N1CCCCC1)CC(N)=S. The van der Waals surface area contributed by atoms with Gasteiger partial charge in [0.05, 0.1) is 11.5 Å². The van der Waals surface area contributed by atoms with Gasteiger partial charge < -0.3 is 10.6 Å². The number of hydrogen-bond donors (Lipinski definition) is 1. The van der Waals surface area contributed by atoms with Crippen molar-refractivity contribution in [3.8, 4) is 0 Å². The highest BCUT2D eigenvalue weighted by molar-refractivity contribution is 7.80. The lowest BCUT2D eigenvalue weighted by Crippen LogP contribution is -2.44. The third-order valence-corrected chi connectivity index (χ3v) is 3.12. The van der Waals surface area contributed by atoms with Crippen molar-refractivity contribution in [1.29, 1.82) is 0 Å². The van der Waals surface area contributed by atoms with Gasteiger partial charge in [0, 0.05) is 19.6 Å². The number of nitrogens with zero attached hydrogens (tertiary/aromatic N) is 2. The van der Waals surface area contributed by atoms with Crippen LogP contribution in [-0.4, -0.2) is 53.4 Å². The first-order valence-corrected chi connectivity index (χ1v) is 6.82. The van der Waals surface area contributed by atoms with Gasteiger partial charge in [0.1, 0.15) is 0 Å². The van der Waals surface area contributed by atoms with Crippen molar-refractivity contribution in [3.05, 3.63) is 0 Å². The lowest BCUT2D eigenvalue weighted by molar-refractivity contribution is -0.133. The molecule has 1 fully saturated rings. The van der Waals surface area contributed by atoms with E-state index in [1.807, 2.05) is 9.80 Å². The van der Waals surface area contributed by atoms with Crippen molar-refractivity contribution in [1.82, 2.24) is 9.80 Å². The summed E-state index contributed by atoms with van der Waals surface area (Å²) in [4.78, 5) is 16.5. The second kappa shape index (κ2) is 7.61. The Morgan fingerprint density at radius 2 is 1.94 bits per heavy atom. The second-order valence-electron chi connectivity index (χ2n) is 4.62. The monoisotopic (exact) mass is 257 g/mol. The first-order valence-electron chi connectivity index (χ1n) is 6.42. The highest BCUT2D eigenvalue weighted by Gasteiger charge is 2.19. The Kier molecular flexibility index (Phi) is 6.44. The number of nitrogens with two attached hydrogens (primary N) is 1. The Balaban J connectivity index is 2.41. The fourth-order valence-corrected chi connectivity index (χ4v) is 2.37. The molecule has 0 aromatic heterocycles. The lowest BCUT2D eigenvalue weighted by atomic mass is 10.1. The lowest BCUT2D eigenvalue weighted by Gasteiger charge is -2.29. The number of piperidine rings is 1. The number of carbonyl (C=O) groups excluding carboxylic acids is 1. The van der Waals surface area contributed by atoms with Crippen LogP contribution in [0.15, 0.2) is 0 Å². The van der Waals surface area contributed by atoms with E-state index in [9.17, 15) is 4.79 Å². The number of amides is 1. The van der Waals surface area contributed by atoms with E-state index in [4.69, 9.17) is 18.0 Å². The molecule has 2 N–H and O–H groups in total. The zero-order valence-electron chi connectivity index (χ0n) is 10.7. The molecule has 1 saturated heterocycles. The van der Waals surface area contributed by atoms with Gasteiger partial charge in [-0.3, -0.25) is 9.69 Å². The van der Waals surface area contributed by atoms with Gasteiger partial charge in [-0.1, -0.05) is 19.1 Å². The smallest absolute Gasteiger partial charge is 0.236 e. The molecule has 0 spiro atoms. The Morgan fingerprint density at radius 3 is 2.47 bits per heavy atom. The van der Waals surface area contributed by atoms with Crippen LogP contribution in [0.25, 0.3) is 0 Å². The fraction of sp³-hybridized carbons (Fsp3) is 0.833. The van der Waals surface area contributed by atoms with E-state index >= 15 is 0 Å². The third-order valence-electron chi connectivity index (χ3n) is 2.99. The molecule has 0 aromatic rings. The van der Waals surface area contributed by atoms with Crippen molar-refractivity contribution < 1.29 is 4.79 Å². The van der Waals surface area contributed by atoms with E-state index in [1.54, 1.807) is 0 Å². The van der Waals surface area contributed by atoms with Crippen LogP contribution in [-0.2, 0) is 4.79 Å². The summed E-state index contributed by atoms with van der Waals surface area (Å²) in [5, 5.41) is 0. The molecule has 5 heteroatoms. The summed E-state index contributed by atoms with van der Waals surface area (Å²) in [6.07, 6.45) is 4.52. The van der Waals surface area contributed by atoms with E-state index in [1.165, 1.54) is 6.42 Å². The first kappa shape index (κ1) is 14.4.